The molecule has 0 spiro atoms. The van der Waals surface area contributed by atoms with Gasteiger partial charge in [-0.3, -0.25) is 4.79 Å². The molecule has 34 heavy (non-hydrogen) atoms. The number of carbonyl (C=O) groups is 3. The highest BCUT2D eigenvalue weighted by atomic mass is 16.5. The molecule has 0 radical (unpaired) electrons. The molecule has 1 aliphatic heterocycles. The lowest BCUT2D eigenvalue weighted by molar-refractivity contribution is -0.150. The molecule has 1 saturated heterocycles. The fourth-order valence-corrected chi connectivity index (χ4v) is 5.97. The van der Waals surface area contributed by atoms with Crippen LogP contribution in [0.4, 0.5) is 4.79 Å². The van der Waals surface area contributed by atoms with Crippen LogP contribution in [0.15, 0.2) is 48.5 Å². The molecule has 178 valence electrons. The minimum atomic E-state index is -0.933. The maximum atomic E-state index is 13.1. The Hall–Kier alpha value is -3.35. The number of likely N-dealkylation sites (tertiary alicyclic amines) is 1. The maximum absolute atomic E-state index is 13.1. The molecule has 3 atom stereocenters. The highest BCUT2D eigenvalue weighted by Gasteiger charge is 2.41. The van der Waals surface area contributed by atoms with E-state index in [1.807, 2.05) is 24.3 Å². The molecule has 7 nitrogen and oxygen atoms in total. The Labute approximate surface area is 199 Å². The summed E-state index contributed by atoms with van der Waals surface area (Å²) in [6, 6.07) is 15.7. The zero-order chi connectivity index (χ0) is 23.7. The van der Waals surface area contributed by atoms with Gasteiger partial charge in [0.15, 0.2) is 0 Å². The summed E-state index contributed by atoms with van der Waals surface area (Å²) in [5.41, 5.74) is 4.69. The van der Waals surface area contributed by atoms with Gasteiger partial charge >= 0.3 is 12.1 Å². The van der Waals surface area contributed by atoms with Gasteiger partial charge in [0, 0.05) is 24.9 Å². The Balaban J connectivity index is 1.17. The number of benzene rings is 2. The van der Waals surface area contributed by atoms with Gasteiger partial charge in [-0.1, -0.05) is 55.0 Å². The number of hydrogen-bond acceptors (Lipinski definition) is 4. The molecule has 3 aliphatic rings. The van der Waals surface area contributed by atoms with Gasteiger partial charge in [-0.25, -0.2) is 9.59 Å². The van der Waals surface area contributed by atoms with Crippen LogP contribution in [0.25, 0.3) is 11.1 Å². The molecule has 2 N–H and O–H groups in total. The predicted octanol–water partition coefficient (Wildman–Crippen LogP) is 4.02. The van der Waals surface area contributed by atoms with Crippen molar-refractivity contribution in [3.8, 4) is 11.1 Å². The predicted molar refractivity (Wildman–Crippen MR) is 126 cm³/mol. The first kappa shape index (κ1) is 22.4. The number of carboxylic acids is 1. The molecular weight excluding hydrogens is 432 g/mol. The smallest absolute Gasteiger partial charge is 0.407 e. The van der Waals surface area contributed by atoms with Crippen LogP contribution < -0.4 is 5.32 Å². The van der Waals surface area contributed by atoms with Crippen molar-refractivity contribution in [2.75, 3.05) is 19.7 Å². The number of fused-ring (bicyclic) bond motifs is 3. The van der Waals surface area contributed by atoms with Crippen LogP contribution in [0, 0.1) is 11.8 Å². The number of alkyl carbamates (subject to hydrolysis) is 1. The van der Waals surface area contributed by atoms with E-state index in [-0.39, 0.29) is 30.3 Å². The number of carboxylic acid groups (broad SMARTS) is 1. The van der Waals surface area contributed by atoms with E-state index < -0.39 is 18.1 Å². The molecule has 2 amide bonds. The van der Waals surface area contributed by atoms with Crippen molar-refractivity contribution in [1.82, 2.24) is 10.2 Å². The minimum Gasteiger partial charge on any atom is -0.480 e. The second-order valence-corrected chi connectivity index (χ2v) is 9.53. The molecule has 2 aliphatic carbocycles. The number of nitrogens with one attached hydrogen (secondary N) is 1. The van der Waals surface area contributed by atoms with Crippen LogP contribution in [0.5, 0.6) is 0 Å². The van der Waals surface area contributed by atoms with E-state index in [1.54, 1.807) is 0 Å². The Bertz CT molecular complexity index is 1050. The molecule has 5 rings (SSSR count). The summed E-state index contributed by atoms with van der Waals surface area (Å²) in [6.07, 6.45) is 3.22. The molecule has 1 saturated carbocycles. The number of carbonyl (C=O) groups excluding carboxylic acids is 2. The zero-order valence-electron chi connectivity index (χ0n) is 19.1. The Morgan fingerprint density at radius 3 is 2.29 bits per heavy atom. The molecule has 2 fully saturated rings. The highest BCUT2D eigenvalue weighted by molar-refractivity contribution is 5.86. The molecule has 0 unspecified atom stereocenters. The van der Waals surface area contributed by atoms with E-state index in [1.165, 1.54) is 16.0 Å². The Kier molecular flexibility index (Phi) is 6.26. The quantitative estimate of drug-likeness (QED) is 0.676. The molecule has 2 aromatic carbocycles. The summed E-state index contributed by atoms with van der Waals surface area (Å²) >= 11 is 0. The van der Waals surface area contributed by atoms with Crippen molar-refractivity contribution in [3.63, 3.8) is 0 Å². The second kappa shape index (κ2) is 9.49. The summed E-state index contributed by atoms with van der Waals surface area (Å²) in [6.45, 7) is 1.11. The van der Waals surface area contributed by atoms with E-state index in [4.69, 9.17) is 4.74 Å². The van der Waals surface area contributed by atoms with E-state index in [9.17, 15) is 19.5 Å². The fraction of sp³-hybridized carbons (Fsp3) is 0.444. The van der Waals surface area contributed by atoms with Crippen LogP contribution in [0.1, 0.15) is 49.1 Å². The van der Waals surface area contributed by atoms with Gasteiger partial charge in [-0.15, -0.1) is 0 Å². The van der Waals surface area contributed by atoms with Gasteiger partial charge in [0.1, 0.15) is 12.6 Å². The monoisotopic (exact) mass is 462 g/mol. The highest BCUT2D eigenvalue weighted by Crippen LogP contribution is 2.44. The van der Waals surface area contributed by atoms with Gasteiger partial charge in [0.25, 0.3) is 0 Å². The van der Waals surface area contributed by atoms with Crippen molar-refractivity contribution in [3.05, 3.63) is 59.7 Å². The fourth-order valence-electron chi connectivity index (χ4n) is 5.97. The Morgan fingerprint density at radius 1 is 0.941 bits per heavy atom. The lowest BCUT2D eigenvalue weighted by atomic mass is 9.94. The standard InChI is InChI=1S/C27H30N2O5/c30-25(29-14-6-13-24(29)26(31)32)18-12-5-7-17(18)15-28-27(33)34-16-23-21-10-3-1-8-19(21)20-9-2-4-11-22(20)23/h1-4,8-11,17-18,23-24H,5-7,12-16H2,(H,28,33)(H,31,32)/t17-,18-,24-/m0/s1. The summed E-state index contributed by atoms with van der Waals surface area (Å²) in [5.74, 6) is -1.25. The van der Waals surface area contributed by atoms with E-state index in [0.29, 0.717) is 19.5 Å². The van der Waals surface area contributed by atoms with Gasteiger partial charge in [0.2, 0.25) is 5.91 Å². The molecule has 0 aromatic heterocycles. The molecule has 0 bridgehead atoms. The first-order valence-electron chi connectivity index (χ1n) is 12.2. The normalized spacial score (nSPS) is 23.4. The van der Waals surface area contributed by atoms with Crippen LogP contribution >= 0.6 is 0 Å². The third-order valence-electron chi connectivity index (χ3n) is 7.65. The third-order valence-corrected chi connectivity index (χ3v) is 7.65. The lowest BCUT2D eigenvalue weighted by Gasteiger charge is -2.28. The number of nitrogens with zero attached hydrogens (tertiary/aromatic N) is 1. The molecule has 7 heteroatoms. The molecular formula is C27H30N2O5. The van der Waals surface area contributed by atoms with Crippen molar-refractivity contribution in [2.24, 2.45) is 11.8 Å². The average molecular weight is 463 g/mol. The summed E-state index contributed by atoms with van der Waals surface area (Å²) in [7, 11) is 0. The minimum absolute atomic E-state index is 0.00192. The maximum Gasteiger partial charge on any atom is 0.407 e. The topological polar surface area (TPSA) is 95.9 Å². The number of aliphatic carboxylic acids is 1. The first-order valence-corrected chi connectivity index (χ1v) is 12.2. The van der Waals surface area contributed by atoms with Crippen molar-refractivity contribution >= 4 is 18.0 Å². The number of hydrogen-bond donors (Lipinski definition) is 2. The van der Waals surface area contributed by atoms with E-state index in [2.05, 4.69) is 29.6 Å². The first-order chi connectivity index (χ1) is 16.5. The number of ether oxygens (including phenoxy) is 1. The van der Waals surface area contributed by atoms with Crippen molar-refractivity contribution < 1.29 is 24.2 Å². The average Bonchev–Trinajstić information content (AvgIpc) is 3.59. The number of amides is 2. The number of rotatable bonds is 6. The van der Waals surface area contributed by atoms with Crippen molar-refractivity contribution in [1.29, 1.82) is 0 Å². The summed E-state index contributed by atoms with van der Waals surface area (Å²) < 4.78 is 5.62. The van der Waals surface area contributed by atoms with E-state index in [0.717, 1.165) is 36.8 Å². The van der Waals surface area contributed by atoms with Gasteiger partial charge < -0.3 is 20.1 Å². The molecule has 1 heterocycles. The van der Waals surface area contributed by atoms with Gasteiger partial charge in [0.05, 0.1) is 0 Å². The largest absolute Gasteiger partial charge is 0.480 e. The van der Waals surface area contributed by atoms with Crippen LogP contribution in [-0.4, -0.2) is 53.7 Å². The summed E-state index contributed by atoms with van der Waals surface area (Å²) in [5, 5.41) is 12.3. The van der Waals surface area contributed by atoms with Crippen LogP contribution in [-0.2, 0) is 14.3 Å². The van der Waals surface area contributed by atoms with Crippen LogP contribution in [0.2, 0.25) is 0 Å². The Morgan fingerprint density at radius 2 is 1.62 bits per heavy atom. The zero-order valence-corrected chi connectivity index (χ0v) is 19.1. The lowest BCUT2D eigenvalue weighted by Crippen LogP contribution is -2.45. The second-order valence-electron chi connectivity index (χ2n) is 9.53. The molecule has 2 aromatic rings. The van der Waals surface area contributed by atoms with Gasteiger partial charge in [-0.05, 0) is 53.9 Å². The van der Waals surface area contributed by atoms with Gasteiger partial charge in [-0.2, -0.15) is 0 Å². The van der Waals surface area contributed by atoms with E-state index >= 15 is 0 Å². The summed E-state index contributed by atoms with van der Waals surface area (Å²) in [4.78, 5) is 38.6. The van der Waals surface area contributed by atoms with Crippen molar-refractivity contribution in [2.45, 2.75) is 44.1 Å². The van der Waals surface area contributed by atoms with Crippen LogP contribution in [0.3, 0.4) is 0 Å². The SMILES string of the molecule is O=C(NC[C@@H]1CCC[C@@H]1C(=O)N1CCC[C@H]1C(=O)O)OCC1c2ccccc2-c2ccccc21. The third kappa shape index (κ3) is 4.15.